The normalized spacial score (nSPS) is 12.2. The smallest absolute Gasteiger partial charge is 0.255 e. The van der Waals surface area contributed by atoms with Crippen LogP contribution in [0.25, 0.3) is 0 Å². The van der Waals surface area contributed by atoms with E-state index in [9.17, 15) is 4.79 Å². The maximum Gasteiger partial charge on any atom is 0.255 e. The van der Waals surface area contributed by atoms with Crippen LogP contribution in [0.4, 0.5) is 5.69 Å². The van der Waals surface area contributed by atoms with Gasteiger partial charge in [0.05, 0.1) is 16.3 Å². The molecule has 1 unspecified atom stereocenters. The van der Waals surface area contributed by atoms with Crippen molar-refractivity contribution in [3.8, 4) is 0 Å². The number of rotatable bonds is 4. The molecule has 0 spiro atoms. The number of hydrogen-bond acceptors (Lipinski definition) is 3. The molecule has 0 bridgehead atoms. The van der Waals surface area contributed by atoms with Gasteiger partial charge in [0.2, 0.25) is 0 Å². The van der Waals surface area contributed by atoms with Crippen molar-refractivity contribution in [2.75, 3.05) is 12.8 Å². The molecule has 2 aromatic rings. The minimum atomic E-state index is -0.105. The van der Waals surface area contributed by atoms with Crippen molar-refractivity contribution in [1.82, 2.24) is 4.90 Å². The Morgan fingerprint density at radius 1 is 1.40 bits per heavy atom. The number of halogens is 1. The molecule has 0 aliphatic carbocycles. The molecular weight excluding hydrogens is 292 g/mol. The third kappa shape index (κ3) is 3.14. The molecule has 2 N–H and O–H groups in total. The number of nitrogen functional groups attached to an aromatic ring is 1. The molecular formula is C15H17ClN2OS. The van der Waals surface area contributed by atoms with Gasteiger partial charge >= 0.3 is 0 Å². The van der Waals surface area contributed by atoms with Crippen LogP contribution in [0.2, 0.25) is 5.02 Å². The SMILES string of the molecule is CC(Cc1cccs1)N(C)C(=O)c1cccc(N)c1Cl. The fourth-order valence-corrected chi connectivity index (χ4v) is 3.00. The summed E-state index contributed by atoms with van der Waals surface area (Å²) < 4.78 is 0. The summed E-state index contributed by atoms with van der Waals surface area (Å²) >= 11 is 7.81. The highest BCUT2D eigenvalue weighted by molar-refractivity contribution is 7.09. The second kappa shape index (κ2) is 6.29. The van der Waals surface area contributed by atoms with E-state index in [2.05, 4.69) is 6.07 Å². The summed E-state index contributed by atoms with van der Waals surface area (Å²) in [7, 11) is 1.79. The first-order valence-electron chi connectivity index (χ1n) is 6.34. The molecule has 2 rings (SSSR count). The quantitative estimate of drug-likeness (QED) is 0.876. The first kappa shape index (κ1) is 14.9. The van der Waals surface area contributed by atoms with E-state index in [1.165, 1.54) is 4.88 Å². The predicted octanol–water partition coefficient (Wildman–Crippen LogP) is 3.69. The second-order valence-corrected chi connectivity index (χ2v) is 6.17. The van der Waals surface area contributed by atoms with Gasteiger partial charge in [0, 0.05) is 24.4 Å². The molecule has 1 aromatic heterocycles. The Morgan fingerprint density at radius 3 is 2.80 bits per heavy atom. The number of nitrogens with zero attached hydrogens (tertiary/aromatic N) is 1. The number of anilines is 1. The van der Waals surface area contributed by atoms with Gasteiger partial charge in [-0.05, 0) is 30.5 Å². The third-order valence-electron chi connectivity index (χ3n) is 3.32. The number of amides is 1. The van der Waals surface area contributed by atoms with Crippen LogP contribution in [0.5, 0.6) is 0 Å². The average Bonchev–Trinajstić information content (AvgIpc) is 2.93. The summed E-state index contributed by atoms with van der Waals surface area (Å²) in [6.45, 7) is 2.03. The zero-order chi connectivity index (χ0) is 14.7. The molecule has 0 aliphatic rings. The van der Waals surface area contributed by atoms with Crippen LogP contribution in [0.3, 0.4) is 0 Å². The zero-order valence-corrected chi connectivity index (χ0v) is 13.0. The van der Waals surface area contributed by atoms with E-state index in [1.54, 1.807) is 41.5 Å². The van der Waals surface area contributed by atoms with E-state index < -0.39 is 0 Å². The highest BCUT2D eigenvalue weighted by atomic mass is 35.5. The van der Waals surface area contributed by atoms with Crippen LogP contribution < -0.4 is 5.73 Å². The lowest BCUT2D eigenvalue weighted by Gasteiger charge is -2.25. The first-order valence-corrected chi connectivity index (χ1v) is 7.60. The van der Waals surface area contributed by atoms with Crippen molar-refractivity contribution >= 4 is 34.5 Å². The first-order chi connectivity index (χ1) is 9.50. The van der Waals surface area contributed by atoms with Crippen molar-refractivity contribution in [2.45, 2.75) is 19.4 Å². The molecule has 0 saturated carbocycles. The zero-order valence-electron chi connectivity index (χ0n) is 11.5. The van der Waals surface area contributed by atoms with Crippen LogP contribution in [0.15, 0.2) is 35.7 Å². The number of thiophene rings is 1. The molecule has 1 heterocycles. The third-order valence-corrected chi connectivity index (χ3v) is 4.64. The van der Waals surface area contributed by atoms with Gasteiger partial charge in [0.15, 0.2) is 0 Å². The van der Waals surface area contributed by atoms with Crippen molar-refractivity contribution < 1.29 is 4.79 Å². The van der Waals surface area contributed by atoms with E-state index in [-0.39, 0.29) is 11.9 Å². The van der Waals surface area contributed by atoms with Crippen LogP contribution in [-0.4, -0.2) is 23.9 Å². The summed E-state index contributed by atoms with van der Waals surface area (Å²) in [5.74, 6) is -0.105. The Hall–Kier alpha value is -1.52. The van der Waals surface area contributed by atoms with Crippen molar-refractivity contribution in [3.63, 3.8) is 0 Å². The Morgan fingerprint density at radius 2 is 2.15 bits per heavy atom. The number of nitrogens with two attached hydrogens (primary N) is 1. The van der Waals surface area contributed by atoms with Gasteiger partial charge in [-0.1, -0.05) is 23.7 Å². The standard InChI is InChI=1S/C15H17ClN2OS/c1-10(9-11-5-4-8-20-11)18(2)15(19)12-6-3-7-13(17)14(12)16/h3-8,10H,9,17H2,1-2H3. The molecule has 1 amide bonds. The fraction of sp³-hybridized carbons (Fsp3) is 0.267. The van der Waals surface area contributed by atoms with Gasteiger partial charge in [-0.2, -0.15) is 0 Å². The molecule has 0 saturated heterocycles. The topological polar surface area (TPSA) is 46.3 Å². The van der Waals surface area contributed by atoms with Gasteiger partial charge in [0.1, 0.15) is 0 Å². The molecule has 3 nitrogen and oxygen atoms in total. The molecule has 0 aliphatic heterocycles. The minimum absolute atomic E-state index is 0.0960. The summed E-state index contributed by atoms with van der Waals surface area (Å²) in [6, 6.07) is 9.32. The van der Waals surface area contributed by atoms with E-state index >= 15 is 0 Å². The Bertz CT molecular complexity index is 598. The van der Waals surface area contributed by atoms with Gasteiger partial charge < -0.3 is 10.6 Å². The highest BCUT2D eigenvalue weighted by Gasteiger charge is 2.20. The summed E-state index contributed by atoms with van der Waals surface area (Å²) in [5.41, 5.74) is 6.62. The van der Waals surface area contributed by atoms with Crippen molar-refractivity contribution in [3.05, 3.63) is 51.2 Å². The number of benzene rings is 1. The predicted molar refractivity (Wildman–Crippen MR) is 85.4 cm³/mol. The monoisotopic (exact) mass is 308 g/mol. The summed E-state index contributed by atoms with van der Waals surface area (Å²) in [6.07, 6.45) is 0.833. The van der Waals surface area contributed by atoms with Crippen LogP contribution in [0, 0.1) is 0 Å². The van der Waals surface area contributed by atoms with E-state index in [0.29, 0.717) is 16.3 Å². The van der Waals surface area contributed by atoms with Gasteiger partial charge in [0.25, 0.3) is 5.91 Å². The molecule has 0 fully saturated rings. The molecule has 5 heteroatoms. The van der Waals surface area contributed by atoms with E-state index in [0.717, 1.165) is 6.42 Å². The van der Waals surface area contributed by atoms with Crippen molar-refractivity contribution in [2.24, 2.45) is 0 Å². The molecule has 106 valence electrons. The lowest BCUT2D eigenvalue weighted by atomic mass is 10.1. The van der Waals surface area contributed by atoms with Gasteiger partial charge in [-0.3, -0.25) is 4.79 Å². The maximum absolute atomic E-state index is 12.5. The average molecular weight is 309 g/mol. The molecule has 1 atom stereocenters. The van der Waals surface area contributed by atoms with Gasteiger partial charge in [-0.25, -0.2) is 0 Å². The Balaban J connectivity index is 2.13. The Kier molecular flexibility index (Phi) is 4.68. The van der Waals surface area contributed by atoms with Gasteiger partial charge in [-0.15, -0.1) is 11.3 Å². The molecule has 20 heavy (non-hydrogen) atoms. The maximum atomic E-state index is 12.5. The number of likely N-dealkylation sites (N-methyl/N-ethyl adjacent to an activating group) is 1. The summed E-state index contributed by atoms with van der Waals surface area (Å²) in [4.78, 5) is 15.4. The number of carbonyl (C=O) groups is 1. The number of carbonyl (C=O) groups excluding carboxylic acids is 1. The fourth-order valence-electron chi connectivity index (χ4n) is 1.96. The molecule has 0 radical (unpaired) electrons. The van der Waals surface area contributed by atoms with E-state index in [1.807, 2.05) is 18.4 Å². The minimum Gasteiger partial charge on any atom is -0.398 e. The van der Waals surface area contributed by atoms with Crippen LogP contribution >= 0.6 is 22.9 Å². The summed E-state index contributed by atoms with van der Waals surface area (Å²) in [5, 5.41) is 2.37. The Labute approximate surface area is 128 Å². The van der Waals surface area contributed by atoms with Crippen LogP contribution in [-0.2, 0) is 6.42 Å². The highest BCUT2D eigenvalue weighted by Crippen LogP contribution is 2.25. The van der Waals surface area contributed by atoms with Crippen LogP contribution in [0.1, 0.15) is 22.2 Å². The van der Waals surface area contributed by atoms with Crippen molar-refractivity contribution in [1.29, 1.82) is 0 Å². The lowest BCUT2D eigenvalue weighted by Crippen LogP contribution is -2.36. The largest absolute Gasteiger partial charge is 0.398 e. The van der Waals surface area contributed by atoms with E-state index in [4.69, 9.17) is 17.3 Å². The second-order valence-electron chi connectivity index (χ2n) is 4.76. The molecule has 1 aromatic carbocycles. The number of hydrogen-bond donors (Lipinski definition) is 1. The lowest BCUT2D eigenvalue weighted by molar-refractivity contribution is 0.0744.